The number of nitriles is 1. The van der Waals surface area contributed by atoms with E-state index < -0.39 is 5.97 Å². The van der Waals surface area contributed by atoms with Gasteiger partial charge < -0.3 is 9.75 Å². The lowest BCUT2D eigenvalue weighted by atomic mass is 10.1. The fourth-order valence-corrected chi connectivity index (χ4v) is 2.02. The first-order chi connectivity index (χ1) is 9.62. The lowest BCUT2D eigenvalue weighted by Gasteiger charge is -2.12. The number of hydrogen-bond donors (Lipinski definition) is 1. The van der Waals surface area contributed by atoms with Crippen molar-refractivity contribution in [1.82, 2.24) is 5.01 Å². The van der Waals surface area contributed by atoms with Crippen LogP contribution in [0.1, 0.15) is 39.5 Å². The first-order valence-electron chi connectivity index (χ1n) is 7.12. The van der Waals surface area contributed by atoms with Gasteiger partial charge >= 0.3 is 5.97 Å². The van der Waals surface area contributed by atoms with Crippen LogP contribution in [0.25, 0.3) is 0 Å². The molecule has 1 rings (SSSR count). The van der Waals surface area contributed by atoms with Crippen LogP contribution in [0.2, 0.25) is 0 Å². The summed E-state index contributed by atoms with van der Waals surface area (Å²) in [5.74, 6) is 5.55. The second-order valence-corrected chi connectivity index (χ2v) is 4.93. The number of nitrogens with zero attached hydrogens (tertiary/aromatic N) is 2. The Hall–Kier alpha value is -1.80. The maximum absolute atomic E-state index is 11.8. The number of nitrogens with two attached hydrogens (primary N) is 1. The van der Waals surface area contributed by atoms with Crippen molar-refractivity contribution in [2.24, 2.45) is 11.8 Å². The number of hydrazine groups is 1. The van der Waals surface area contributed by atoms with Crippen molar-refractivity contribution in [3.05, 3.63) is 23.4 Å². The van der Waals surface area contributed by atoms with E-state index in [1.54, 1.807) is 11.1 Å². The molecule has 2 N–H and O–H groups in total. The van der Waals surface area contributed by atoms with E-state index in [0.29, 0.717) is 12.5 Å². The van der Waals surface area contributed by atoms with Gasteiger partial charge in [-0.3, -0.25) is 0 Å². The molecule has 110 valence electrons. The number of rotatable bonds is 6. The normalized spacial score (nSPS) is 17.6. The van der Waals surface area contributed by atoms with Crippen molar-refractivity contribution in [2.75, 3.05) is 13.2 Å². The van der Waals surface area contributed by atoms with E-state index in [1.807, 2.05) is 6.07 Å². The minimum absolute atomic E-state index is 0.0174. The van der Waals surface area contributed by atoms with E-state index in [2.05, 4.69) is 13.8 Å². The highest BCUT2D eigenvalue weighted by Gasteiger charge is 2.15. The van der Waals surface area contributed by atoms with Crippen molar-refractivity contribution in [3.63, 3.8) is 0 Å². The molecule has 1 aliphatic heterocycles. The summed E-state index contributed by atoms with van der Waals surface area (Å²) in [5.41, 5.74) is 0.953. The van der Waals surface area contributed by atoms with Gasteiger partial charge in [-0.25, -0.2) is 10.6 Å². The van der Waals surface area contributed by atoms with Gasteiger partial charge in [0.05, 0.1) is 6.61 Å². The molecule has 1 fully saturated rings. The Morgan fingerprint density at radius 3 is 2.75 bits per heavy atom. The standard InChI is InChI=1S/C15H23N3O2/c1-3-12(4-2)11-20-15(19)13(10-16)7-8-14-6-5-9-18(14)17/h7-8,12H,3-6,9,11,17H2,1-2H3/b13-7-,14-8+. The third kappa shape index (κ3) is 4.71. The monoisotopic (exact) mass is 277 g/mol. The molecule has 0 amide bonds. The molecule has 0 spiro atoms. The van der Waals surface area contributed by atoms with Crippen molar-refractivity contribution < 1.29 is 9.53 Å². The molecule has 5 nitrogen and oxygen atoms in total. The van der Waals surface area contributed by atoms with Gasteiger partial charge in [0, 0.05) is 12.2 Å². The molecule has 0 bridgehead atoms. The third-order valence-electron chi connectivity index (χ3n) is 3.59. The van der Waals surface area contributed by atoms with Gasteiger partial charge in [-0.05, 0) is 30.9 Å². The summed E-state index contributed by atoms with van der Waals surface area (Å²) in [6.07, 6.45) is 7.01. The van der Waals surface area contributed by atoms with Crippen molar-refractivity contribution in [3.8, 4) is 6.07 Å². The number of allylic oxidation sites excluding steroid dienone is 3. The Morgan fingerprint density at radius 2 is 2.25 bits per heavy atom. The van der Waals surface area contributed by atoms with E-state index in [0.717, 1.165) is 37.9 Å². The molecule has 0 radical (unpaired) electrons. The molecule has 1 heterocycles. The van der Waals surface area contributed by atoms with Crippen LogP contribution >= 0.6 is 0 Å². The maximum Gasteiger partial charge on any atom is 0.348 e. The maximum atomic E-state index is 11.8. The highest BCUT2D eigenvalue weighted by molar-refractivity contribution is 5.93. The Labute approximate surface area is 120 Å². The van der Waals surface area contributed by atoms with Gasteiger partial charge in [-0.15, -0.1) is 0 Å². The molecule has 0 aromatic carbocycles. The first-order valence-corrected chi connectivity index (χ1v) is 7.12. The van der Waals surface area contributed by atoms with Gasteiger partial charge in [0.15, 0.2) is 0 Å². The van der Waals surface area contributed by atoms with Crippen molar-refractivity contribution in [2.45, 2.75) is 39.5 Å². The Kier molecular flexibility index (Phi) is 6.82. The topological polar surface area (TPSA) is 79.4 Å². The minimum Gasteiger partial charge on any atom is -0.461 e. The van der Waals surface area contributed by atoms with Crippen LogP contribution in [0.15, 0.2) is 23.4 Å². The fraction of sp³-hybridized carbons (Fsp3) is 0.600. The van der Waals surface area contributed by atoms with E-state index in [9.17, 15) is 4.79 Å². The highest BCUT2D eigenvalue weighted by Crippen LogP contribution is 2.17. The number of esters is 1. The van der Waals surface area contributed by atoms with Gasteiger partial charge in [0.2, 0.25) is 0 Å². The molecule has 0 aromatic heterocycles. The molecular formula is C15H23N3O2. The number of ether oxygens (including phenoxy) is 1. The Morgan fingerprint density at radius 1 is 1.55 bits per heavy atom. The molecule has 0 unspecified atom stereocenters. The van der Waals surface area contributed by atoms with E-state index in [1.165, 1.54) is 6.08 Å². The SMILES string of the molecule is CCC(CC)COC(=O)/C(C#N)=C\C=C1/CCCN1N. The van der Waals surface area contributed by atoms with Crippen LogP contribution in [0.3, 0.4) is 0 Å². The van der Waals surface area contributed by atoms with Crippen LogP contribution in [0.4, 0.5) is 0 Å². The Balaban J connectivity index is 2.61. The molecule has 0 aliphatic carbocycles. The predicted molar refractivity (Wildman–Crippen MR) is 76.9 cm³/mol. The predicted octanol–water partition coefficient (Wildman–Crippen LogP) is 2.27. The van der Waals surface area contributed by atoms with Crippen LogP contribution in [-0.4, -0.2) is 24.1 Å². The number of carbonyl (C=O) groups is 1. The van der Waals surface area contributed by atoms with E-state index in [4.69, 9.17) is 15.8 Å². The first kappa shape index (κ1) is 16.3. The van der Waals surface area contributed by atoms with Crippen LogP contribution in [0, 0.1) is 17.2 Å². The summed E-state index contributed by atoms with van der Waals surface area (Å²) in [4.78, 5) is 11.8. The molecule has 0 aromatic rings. The van der Waals surface area contributed by atoms with Gasteiger partial charge in [-0.1, -0.05) is 26.7 Å². The summed E-state index contributed by atoms with van der Waals surface area (Å²) in [6, 6.07) is 1.88. The second-order valence-electron chi connectivity index (χ2n) is 4.93. The zero-order valence-electron chi connectivity index (χ0n) is 12.3. The number of carbonyl (C=O) groups excluding carboxylic acids is 1. The summed E-state index contributed by atoms with van der Waals surface area (Å²) in [6.45, 7) is 5.29. The minimum atomic E-state index is -0.558. The summed E-state index contributed by atoms with van der Waals surface area (Å²) < 4.78 is 5.18. The molecule has 1 aliphatic rings. The van der Waals surface area contributed by atoms with Crippen molar-refractivity contribution in [1.29, 1.82) is 5.26 Å². The zero-order valence-corrected chi connectivity index (χ0v) is 12.3. The zero-order chi connectivity index (χ0) is 15.0. The van der Waals surface area contributed by atoms with E-state index >= 15 is 0 Å². The molecule has 20 heavy (non-hydrogen) atoms. The molecule has 1 saturated heterocycles. The highest BCUT2D eigenvalue weighted by atomic mass is 16.5. The second kappa shape index (κ2) is 8.39. The average molecular weight is 277 g/mol. The molecule has 0 saturated carbocycles. The largest absolute Gasteiger partial charge is 0.461 e. The van der Waals surface area contributed by atoms with Crippen LogP contribution in [-0.2, 0) is 9.53 Å². The third-order valence-corrected chi connectivity index (χ3v) is 3.59. The molecule has 0 atom stereocenters. The lowest BCUT2D eigenvalue weighted by Crippen LogP contribution is -2.25. The summed E-state index contributed by atoms with van der Waals surface area (Å²) in [7, 11) is 0. The van der Waals surface area contributed by atoms with Gasteiger partial charge in [0.1, 0.15) is 11.6 Å². The van der Waals surface area contributed by atoms with Crippen LogP contribution < -0.4 is 5.84 Å². The fourth-order valence-electron chi connectivity index (χ4n) is 2.02. The Bertz CT molecular complexity index is 431. The summed E-state index contributed by atoms with van der Waals surface area (Å²) in [5, 5.41) is 10.7. The lowest BCUT2D eigenvalue weighted by molar-refractivity contribution is -0.139. The average Bonchev–Trinajstić information content (AvgIpc) is 2.86. The summed E-state index contributed by atoms with van der Waals surface area (Å²) >= 11 is 0. The van der Waals surface area contributed by atoms with E-state index in [-0.39, 0.29) is 5.57 Å². The quantitative estimate of drug-likeness (QED) is 0.349. The number of hydrogen-bond acceptors (Lipinski definition) is 5. The smallest absolute Gasteiger partial charge is 0.348 e. The molecule has 5 heteroatoms. The van der Waals surface area contributed by atoms with Gasteiger partial charge in [-0.2, -0.15) is 5.26 Å². The van der Waals surface area contributed by atoms with Gasteiger partial charge in [0.25, 0.3) is 0 Å². The molecular weight excluding hydrogens is 254 g/mol. The van der Waals surface area contributed by atoms with Crippen molar-refractivity contribution >= 4 is 5.97 Å². The van der Waals surface area contributed by atoms with Crippen LogP contribution in [0.5, 0.6) is 0 Å².